The van der Waals surface area contributed by atoms with Gasteiger partial charge in [0.15, 0.2) is 17.4 Å². The van der Waals surface area contributed by atoms with E-state index >= 15 is 0 Å². The molecule has 0 amide bonds. The average molecular weight is 875 g/mol. The van der Waals surface area contributed by atoms with Gasteiger partial charge < -0.3 is 63.1 Å². The van der Waals surface area contributed by atoms with Crippen LogP contribution in [0.1, 0.15) is 131 Å². The van der Waals surface area contributed by atoms with E-state index < -0.39 is 107 Å². The van der Waals surface area contributed by atoms with Crippen molar-refractivity contribution in [3.05, 3.63) is 23.8 Å². The van der Waals surface area contributed by atoms with Gasteiger partial charge in [0, 0.05) is 38.5 Å². The summed E-state index contributed by atoms with van der Waals surface area (Å²) in [7, 11) is 0. The quantitative estimate of drug-likeness (QED) is 0.288. The van der Waals surface area contributed by atoms with Crippen molar-refractivity contribution in [3.63, 3.8) is 0 Å². The van der Waals surface area contributed by atoms with Crippen molar-refractivity contribution in [2.75, 3.05) is 13.2 Å². The molecule has 15 heteroatoms. The number of hydrogen-bond donors (Lipinski definition) is 4. The molecule has 19 atom stereocenters. The highest BCUT2D eigenvalue weighted by Gasteiger charge is 2.66. The van der Waals surface area contributed by atoms with Gasteiger partial charge >= 0.3 is 5.97 Å². The molecular weight excluding hydrogens is 805 g/mol. The maximum atomic E-state index is 14.1. The lowest BCUT2D eigenvalue weighted by molar-refractivity contribution is -0.365. The SMILES string of the molecule is CC1=C\C(C)C[C@]2(C)CC[C@H](O2)[C@]23CC[C@](CO)(C[C@H](O2)[C@@H]2O[C@@](C)(CC2=O)[C@H](O)[C@H]2CC[C@@]4(CCC[C@@H](O4)[C@H](C)C(=O)O[C@H]4C[C@H]([C@]5(O)OCC[C@H](C)[C@@H]5O)O[C@H]4\C=C\1)O2)O3. The molecule has 62 heavy (non-hydrogen) atoms. The molecule has 9 heterocycles. The predicted molar refractivity (Wildman–Crippen MR) is 219 cm³/mol. The Kier molecular flexibility index (Phi) is 12.0. The predicted octanol–water partition coefficient (Wildman–Crippen LogP) is 4.23. The van der Waals surface area contributed by atoms with Gasteiger partial charge in [-0.1, -0.05) is 37.6 Å². The zero-order valence-corrected chi connectivity index (χ0v) is 37.3. The molecule has 0 aromatic rings. The van der Waals surface area contributed by atoms with Crippen LogP contribution in [0.5, 0.6) is 0 Å². The second-order valence-corrected chi connectivity index (χ2v) is 21.2. The van der Waals surface area contributed by atoms with Gasteiger partial charge in [-0.05, 0) is 90.9 Å². The van der Waals surface area contributed by atoms with E-state index in [0.29, 0.717) is 57.8 Å². The van der Waals surface area contributed by atoms with Crippen LogP contribution < -0.4 is 0 Å². The minimum atomic E-state index is -1.97. The van der Waals surface area contributed by atoms with Crippen LogP contribution in [0.4, 0.5) is 0 Å². The molecule has 0 aromatic heterocycles. The molecule has 8 fully saturated rings. The number of rotatable bonds is 2. The highest BCUT2D eigenvalue weighted by atomic mass is 16.8. The number of hydrogen-bond acceptors (Lipinski definition) is 15. The van der Waals surface area contributed by atoms with Gasteiger partial charge in [0.05, 0.1) is 48.6 Å². The van der Waals surface area contributed by atoms with Gasteiger partial charge in [-0.3, -0.25) is 9.59 Å². The van der Waals surface area contributed by atoms with Gasteiger partial charge in [0.25, 0.3) is 0 Å². The number of carbonyl (C=O) groups is 2. The molecule has 0 radical (unpaired) electrons. The summed E-state index contributed by atoms with van der Waals surface area (Å²) in [5.41, 5.74) is -1.73. The second-order valence-electron chi connectivity index (χ2n) is 21.2. The van der Waals surface area contributed by atoms with Gasteiger partial charge in [-0.15, -0.1) is 0 Å². The molecule has 4 N–H and O–H groups in total. The molecule has 9 rings (SSSR count). The molecule has 9 aliphatic heterocycles. The van der Waals surface area contributed by atoms with Crippen molar-refractivity contribution in [1.82, 2.24) is 0 Å². The van der Waals surface area contributed by atoms with Crippen LogP contribution in [-0.4, -0.2) is 141 Å². The van der Waals surface area contributed by atoms with Crippen LogP contribution in [0.15, 0.2) is 23.8 Å². The van der Waals surface area contributed by atoms with Crippen molar-refractivity contribution in [2.45, 2.75) is 227 Å². The largest absolute Gasteiger partial charge is 0.459 e. The molecule has 1 unspecified atom stereocenters. The Bertz CT molecular complexity index is 1770. The zero-order valence-electron chi connectivity index (χ0n) is 37.3. The standard InChI is InChI=1S/C47H70O15/c1-26-9-10-32-34(21-37(55-32)47(53)39(50)28(3)13-19-54-47)56-41(52)29(4)31-8-7-14-45(57-31)16-11-33(58-45)40(51)43(6)23-30(49)38(61-43)35-24-44(25-48)17-18-46(59-35,62-44)36-12-15-42(5,60-36)22-27(2)20-26/h9-10,20,27-29,31-40,48,50-51,53H,7-8,11-19,21-25H2,1-6H3/b10-9+,26-20+/t27?,28-,29-,31+,32-,33+,34-,35-,36-,37+,38+,39-,40+,42-,43-,44+,45+,46+,47-/m0/s1. The first-order chi connectivity index (χ1) is 29.3. The summed E-state index contributed by atoms with van der Waals surface area (Å²) in [5, 5.41) is 45.5. The number of ether oxygens (including phenoxy) is 9. The average Bonchev–Trinajstić information content (AvgIpc) is 4.06. The Morgan fingerprint density at radius 2 is 1.60 bits per heavy atom. The highest BCUT2D eigenvalue weighted by Crippen LogP contribution is 2.55. The molecular formula is C47H70O15. The Morgan fingerprint density at radius 1 is 0.806 bits per heavy atom. The number of Topliss-reactive ketones (excluding diaryl/α,β-unsaturated/α-hetero) is 1. The Balaban J connectivity index is 1.01. The fraction of sp³-hybridized carbons (Fsp3) is 0.872. The first-order valence-corrected chi connectivity index (χ1v) is 23.5. The Labute approximate surface area is 365 Å². The number of aliphatic hydroxyl groups is 4. The third-order valence-corrected chi connectivity index (χ3v) is 16.0. The van der Waals surface area contributed by atoms with Crippen LogP contribution in [-0.2, 0) is 52.2 Å². The van der Waals surface area contributed by atoms with Crippen LogP contribution in [0.25, 0.3) is 0 Å². The van der Waals surface area contributed by atoms with Crippen molar-refractivity contribution in [2.24, 2.45) is 17.8 Å². The molecule has 348 valence electrons. The summed E-state index contributed by atoms with van der Waals surface area (Å²) >= 11 is 0. The third-order valence-electron chi connectivity index (χ3n) is 16.0. The van der Waals surface area contributed by atoms with E-state index in [1.807, 2.05) is 26.0 Å². The van der Waals surface area contributed by atoms with Crippen LogP contribution in [0, 0.1) is 17.8 Å². The number of carbonyl (C=O) groups excluding carboxylic acids is 2. The summed E-state index contributed by atoms with van der Waals surface area (Å²) in [5.74, 6) is -5.63. The van der Waals surface area contributed by atoms with Gasteiger partial charge in [-0.2, -0.15) is 0 Å². The molecule has 15 nitrogen and oxygen atoms in total. The molecule has 10 bridgehead atoms. The van der Waals surface area contributed by atoms with Gasteiger partial charge in [0.2, 0.25) is 5.79 Å². The van der Waals surface area contributed by atoms with Crippen molar-refractivity contribution in [1.29, 1.82) is 0 Å². The molecule has 0 aliphatic carbocycles. The maximum absolute atomic E-state index is 14.1. The normalized spacial score (nSPS) is 55.0. The molecule has 2 spiro atoms. The summed E-state index contributed by atoms with van der Waals surface area (Å²) in [6.45, 7) is 11.7. The minimum Gasteiger partial charge on any atom is -0.459 e. The van der Waals surface area contributed by atoms with Crippen molar-refractivity contribution >= 4 is 11.8 Å². The van der Waals surface area contributed by atoms with E-state index in [0.717, 1.165) is 18.4 Å². The van der Waals surface area contributed by atoms with Crippen LogP contribution >= 0.6 is 0 Å². The fourth-order valence-corrected chi connectivity index (χ4v) is 12.5. The zero-order chi connectivity index (χ0) is 44.0. The third kappa shape index (κ3) is 8.09. The number of aliphatic hydroxyl groups excluding tert-OH is 3. The van der Waals surface area contributed by atoms with E-state index in [9.17, 15) is 30.0 Å². The summed E-state index contributed by atoms with van der Waals surface area (Å²) in [6.07, 6.45) is 4.76. The molecule has 9 aliphatic rings. The van der Waals surface area contributed by atoms with E-state index in [-0.39, 0.29) is 50.1 Å². The lowest BCUT2D eigenvalue weighted by Crippen LogP contribution is -2.59. The highest BCUT2D eigenvalue weighted by molar-refractivity contribution is 5.86. The summed E-state index contributed by atoms with van der Waals surface area (Å²) in [4.78, 5) is 28.0. The second kappa shape index (κ2) is 16.5. The lowest BCUT2D eigenvalue weighted by Gasteiger charge is -2.47. The Hall–Kier alpha value is -1.86. The summed E-state index contributed by atoms with van der Waals surface area (Å²) in [6, 6.07) is 0. The van der Waals surface area contributed by atoms with Crippen LogP contribution in [0.3, 0.4) is 0 Å². The smallest absolute Gasteiger partial charge is 0.311 e. The maximum Gasteiger partial charge on any atom is 0.311 e. The van der Waals surface area contributed by atoms with Gasteiger partial charge in [-0.25, -0.2) is 0 Å². The molecule has 0 aromatic carbocycles. The van der Waals surface area contributed by atoms with Crippen molar-refractivity contribution in [3.8, 4) is 0 Å². The number of esters is 1. The fourth-order valence-electron chi connectivity index (χ4n) is 12.5. The number of ketones is 1. The van der Waals surface area contributed by atoms with E-state index in [2.05, 4.69) is 19.9 Å². The first kappa shape index (κ1) is 45.3. The van der Waals surface area contributed by atoms with Crippen molar-refractivity contribution < 1.29 is 72.6 Å². The monoisotopic (exact) mass is 874 g/mol. The Morgan fingerprint density at radius 3 is 2.39 bits per heavy atom. The number of allylic oxidation sites excluding steroid dienone is 3. The van der Waals surface area contributed by atoms with E-state index in [4.69, 9.17) is 42.6 Å². The molecule has 8 saturated heterocycles. The van der Waals surface area contributed by atoms with E-state index in [1.165, 1.54) is 0 Å². The summed E-state index contributed by atoms with van der Waals surface area (Å²) < 4.78 is 58.8. The van der Waals surface area contributed by atoms with Crippen LogP contribution in [0.2, 0.25) is 0 Å². The topological polar surface area (TPSA) is 198 Å². The minimum absolute atomic E-state index is 0.0379. The number of fused-ring (bicyclic) bond motifs is 10. The first-order valence-electron chi connectivity index (χ1n) is 23.5. The van der Waals surface area contributed by atoms with E-state index in [1.54, 1.807) is 13.8 Å². The molecule has 0 saturated carbocycles. The van der Waals surface area contributed by atoms with Gasteiger partial charge in [0.1, 0.15) is 48.3 Å². The lowest BCUT2D eigenvalue weighted by atomic mass is 9.87.